The summed E-state index contributed by atoms with van der Waals surface area (Å²) in [4.78, 5) is 26.6. The molecule has 0 spiro atoms. The van der Waals surface area contributed by atoms with Crippen molar-refractivity contribution in [2.75, 3.05) is 19.7 Å². The summed E-state index contributed by atoms with van der Waals surface area (Å²) in [7, 11) is 0. The lowest BCUT2D eigenvalue weighted by molar-refractivity contribution is -0.137. The summed E-state index contributed by atoms with van der Waals surface area (Å²) < 4.78 is 16.1. The molecule has 1 aliphatic heterocycles. The van der Waals surface area contributed by atoms with Gasteiger partial charge in [-0.3, -0.25) is 4.79 Å². The Balaban J connectivity index is 1.54. The summed E-state index contributed by atoms with van der Waals surface area (Å²) in [5.74, 6) is 1.47. The van der Waals surface area contributed by atoms with Gasteiger partial charge in [-0.1, -0.05) is 25.1 Å². The van der Waals surface area contributed by atoms with E-state index in [4.69, 9.17) is 14.0 Å². The maximum atomic E-state index is 12.4. The first-order valence-electron chi connectivity index (χ1n) is 9.93. The van der Waals surface area contributed by atoms with Gasteiger partial charge in [0.2, 0.25) is 0 Å². The quantitative estimate of drug-likeness (QED) is 0.690. The number of hydrogen-bond donors (Lipinski definition) is 0. The van der Waals surface area contributed by atoms with Crippen molar-refractivity contribution in [2.45, 2.75) is 40.7 Å². The number of amides is 1. The SMILES string of the molecule is Cc1noc(C)c1COc1cccc(C(=O)OCC(=O)N2C[C@H](C)C[C@@H](C)C2)c1. The second kappa shape index (κ2) is 9.11. The van der Waals surface area contributed by atoms with Crippen LogP contribution in [0.2, 0.25) is 0 Å². The Morgan fingerprint density at radius 1 is 1.21 bits per heavy atom. The minimum atomic E-state index is -0.542. The zero-order valence-corrected chi connectivity index (χ0v) is 17.4. The normalized spacial score (nSPS) is 19.1. The van der Waals surface area contributed by atoms with E-state index >= 15 is 0 Å². The van der Waals surface area contributed by atoms with Crippen LogP contribution in [0, 0.1) is 25.7 Å². The standard InChI is InChI=1S/C22H28N2O5/c1-14-8-15(2)11-24(10-14)21(25)13-28-22(26)18-6-5-7-19(9-18)27-12-20-16(3)23-29-17(20)4/h5-7,9,14-15H,8,10-13H2,1-4H3/t14-,15-/m1/s1. The van der Waals surface area contributed by atoms with E-state index in [-0.39, 0.29) is 12.5 Å². The second-order valence-corrected chi connectivity index (χ2v) is 7.94. The lowest BCUT2D eigenvalue weighted by Gasteiger charge is -2.34. The number of benzene rings is 1. The molecule has 1 aromatic carbocycles. The number of rotatable bonds is 6. The van der Waals surface area contributed by atoms with E-state index in [0.29, 0.717) is 48.6 Å². The van der Waals surface area contributed by atoms with E-state index in [1.165, 1.54) is 0 Å². The molecule has 0 bridgehead atoms. The maximum Gasteiger partial charge on any atom is 0.338 e. The third-order valence-corrected chi connectivity index (χ3v) is 5.18. The fourth-order valence-electron chi connectivity index (χ4n) is 3.74. The van der Waals surface area contributed by atoms with Crippen LogP contribution >= 0.6 is 0 Å². The minimum Gasteiger partial charge on any atom is -0.489 e. The molecule has 1 aromatic heterocycles. The molecule has 3 rings (SSSR count). The van der Waals surface area contributed by atoms with Crippen LogP contribution in [0.1, 0.15) is 47.6 Å². The van der Waals surface area contributed by atoms with Gasteiger partial charge in [-0.2, -0.15) is 0 Å². The highest BCUT2D eigenvalue weighted by Gasteiger charge is 2.26. The summed E-state index contributed by atoms with van der Waals surface area (Å²) in [6, 6.07) is 6.72. The average molecular weight is 400 g/mol. The lowest BCUT2D eigenvalue weighted by Crippen LogP contribution is -2.44. The van der Waals surface area contributed by atoms with Gasteiger partial charge in [0.15, 0.2) is 6.61 Å². The lowest BCUT2D eigenvalue weighted by atomic mass is 9.92. The van der Waals surface area contributed by atoms with Gasteiger partial charge < -0.3 is 18.9 Å². The fourth-order valence-corrected chi connectivity index (χ4v) is 3.74. The molecule has 0 saturated carbocycles. The Morgan fingerprint density at radius 3 is 2.59 bits per heavy atom. The Bertz CT molecular complexity index is 846. The molecule has 2 heterocycles. The molecular formula is C22H28N2O5. The average Bonchev–Trinajstić information content (AvgIpc) is 3.01. The second-order valence-electron chi connectivity index (χ2n) is 7.94. The van der Waals surface area contributed by atoms with E-state index in [2.05, 4.69) is 19.0 Å². The number of aryl methyl sites for hydroxylation is 2. The molecule has 1 fully saturated rings. The van der Waals surface area contributed by atoms with E-state index in [1.807, 2.05) is 13.8 Å². The molecular weight excluding hydrogens is 372 g/mol. The number of carbonyl (C=O) groups excluding carboxylic acids is 2. The number of ether oxygens (including phenoxy) is 2. The van der Waals surface area contributed by atoms with Crippen molar-refractivity contribution < 1.29 is 23.6 Å². The Labute approximate surface area is 171 Å². The number of piperidine rings is 1. The van der Waals surface area contributed by atoms with Crippen molar-refractivity contribution in [3.8, 4) is 5.75 Å². The number of esters is 1. The molecule has 2 atom stereocenters. The molecule has 29 heavy (non-hydrogen) atoms. The van der Waals surface area contributed by atoms with E-state index < -0.39 is 5.97 Å². The van der Waals surface area contributed by atoms with Crippen LogP contribution in [0.4, 0.5) is 0 Å². The summed E-state index contributed by atoms with van der Waals surface area (Å²) in [5, 5.41) is 3.90. The van der Waals surface area contributed by atoms with Crippen molar-refractivity contribution in [2.24, 2.45) is 11.8 Å². The molecule has 1 amide bonds. The maximum absolute atomic E-state index is 12.4. The third-order valence-electron chi connectivity index (χ3n) is 5.18. The summed E-state index contributed by atoms with van der Waals surface area (Å²) in [5.41, 5.74) is 2.00. The fraction of sp³-hybridized carbons (Fsp3) is 0.500. The Kier molecular flexibility index (Phi) is 6.56. The van der Waals surface area contributed by atoms with Gasteiger partial charge in [0.05, 0.1) is 16.8 Å². The minimum absolute atomic E-state index is 0.150. The Hall–Kier alpha value is -2.83. The number of likely N-dealkylation sites (tertiary alicyclic amines) is 1. The van der Waals surface area contributed by atoms with Crippen LogP contribution in [0.25, 0.3) is 0 Å². The predicted molar refractivity (Wildman–Crippen MR) is 107 cm³/mol. The Morgan fingerprint density at radius 2 is 1.93 bits per heavy atom. The van der Waals surface area contributed by atoms with Gasteiger partial charge in [0.1, 0.15) is 18.1 Å². The number of aromatic nitrogens is 1. The van der Waals surface area contributed by atoms with Crippen LogP contribution in [-0.4, -0.2) is 41.6 Å². The van der Waals surface area contributed by atoms with Crippen LogP contribution < -0.4 is 4.74 Å². The highest BCUT2D eigenvalue weighted by molar-refractivity contribution is 5.91. The number of nitrogens with zero attached hydrogens (tertiary/aromatic N) is 2. The van der Waals surface area contributed by atoms with Gasteiger partial charge in [-0.05, 0) is 50.3 Å². The first kappa shape index (κ1) is 20.9. The van der Waals surface area contributed by atoms with Crippen molar-refractivity contribution in [3.05, 3.63) is 46.8 Å². The molecule has 1 saturated heterocycles. The molecule has 7 nitrogen and oxygen atoms in total. The highest BCUT2D eigenvalue weighted by atomic mass is 16.5. The summed E-state index contributed by atoms with van der Waals surface area (Å²) in [6.45, 7) is 9.42. The molecule has 7 heteroatoms. The zero-order valence-electron chi connectivity index (χ0n) is 17.4. The highest BCUT2D eigenvalue weighted by Crippen LogP contribution is 2.21. The summed E-state index contributed by atoms with van der Waals surface area (Å²) >= 11 is 0. The van der Waals surface area contributed by atoms with E-state index in [1.54, 1.807) is 29.2 Å². The van der Waals surface area contributed by atoms with Crippen LogP contribution in [-0.2, 0) is 16.1 Å². The molecule has 0 unspecified atom stereocenters. The van der Waals surface area contributed by atoms with Gasteiger partial charge in [-0.25, -0.2) is 4.79 Å². The van der Waals surface area contributed by atoms with Gasteiger partial charge in [-0.15, -0.1) is 0 Å². The van der Waals surface area contributed by atoms with Crippen molar-refractivity contribution in [1.82, 2.24) is 10.1 Å². The van der Waals surface area contributed by atoms with Gasteiger partial charge in [0.25, 0.3) is 5.91 Å². The molecule has 2 aromatic rings. The molecule has 0 radical (unpaired) electrons. The van der Waals surface area contributed by atoms with Crippen LogP contribution in [0.15, 0.2) is 28.8 Å². The number of carbonyl (C=O) groups is 2. The zero-order chi connectivity index (χ0) is 21.0. The van der Waals surface area contributed by atoms with Gasteiger partial charge in [0, 0.05) is 13.1 Å². The van der Waals surface area contributed by atoms with Crippen LogP contribution in [0.3, 0.4) is 0 Å². The first-order chi connectivity index (χ1) is 13.8. The monoisotopic (exact) mass is 400 g/mol. The number of hydrogen-bond acceptors (Lipinski definition) is 6. The first-order valence-corrected chi connectivity index (χ1v) is 9.93. The molecule has 0 aliphatic carbocycles. The predicted octanol–water partition coefficient (Wildman–Crippen LogP) is 3.53. The molecule has 156 valence electrons. The smallest absolute Gasteiger partial charge is 0.338 e. The molecule has 0 N–H and O–H groups in total. The van der Waals surface area contributed by atoms with Crippen molar-refractivity contribution in [1.29, 1.82) is 0 Å². The van der Waals surface area contributed by atoms with Crippen molar-refractivity contribution in [3.63, 3.8) is 0 Å². The van der Waals surface area contributed by atoms with E-state index in [0.717, 1.165) is 17.7 Å². The molecule has 1 aliphatic rings. The van der Waals surface area contributed by atoms with Gasteiger partial charge >= 0.3 is 5.97 Å². The van der Waals surface area contributed by atoms with Crippen molar-refractivity contribution >= 4 is 11.9 Å². The van der Waals surface area contributed by atoms with Crippen LogP contribution in [0.5, 0.6) is 5.75 Å². The topological polar surface area (TPSA) is 81.9 Å². The van der Waals surface area contributed by atoms with E-state index in [9.17, 15) is 9.59 Å². The summed E-state index contributed by atoms with van der Waals surface area (Å²) in [6.07, 6.45) is 1.12. The third kappa shape index (κ3) is 5.37. The largest absolute Gasteiger partial charge is 0.489 e.